The molecule has 0 aliphatic carbocycles. The Morgan fingerprint density at radius 3 is 2.74 bits per heavy atom. The minimum Gasteiger partial charge on any atom is -0.471 e. The molecule has 0 saturated carbocycles. The molecular weight excluding hydrogens is 406 g/mol. The Bertz CT molecular complexity index is 968. The van der Waals surface area contributed by atoms with Crippen LogP contribution in [-0.4, -0.2) is 41.4 Å². The zero-order valence-corrected chi connectivity index (χ0v) is 18.0. The van der Waals surface area contributed by atoms with Gasteiger partial charge in [-0.15, -0.1) is 0 Å². The fraction of sp³-hybridized carbons (Fsp3) is 0.409. The molecule has 1 aliphatic rings. The minimum absolute atomic E-state index is 0.0240. The third kappa shape index (κ3) is 6.91. The van der Waals surface area contributed by atoms with Crippen LogP contribution in [0.1, 0.15) is 44.9 Å². The van der Waals surface area contributed by atoms with Gasteiger partial charge in [0.05, 0.1) is 5.69 Å². The van der Waals surface area contributed by atoms with Crippen molar-refractivity contribution in [2.75, 3.05) is 6.61 Å². The number of aromatic nitrogens is 1. The van der Waals surface area contributed by atoms with Gasteiger partial charge in [0, 0.05) is 30.7 Å². The molecule has 2 amide bonds. The second-order valence-electron chi connectivity index (χ2n) is 7.35. The number of alkyl halides is 2. The Kier molecular flexibility index (Phi) is 7.90. The van der Waals surface area contributed by atoms with E-state index < -0.39 is 18.4 Å². The average Bonchev–Trinajstić information content (AvgIpc) is 2.70. The van der Waals surface area contributed by atoms with Crippen molar-refractivity contribution in [3.8, 4) is 5.88 Å². The Morgan fingerprint density at radius 2 is 2.13 bits per heavy atom. The summed E-state index contributed by atoms with van der Waals surface area (Å²) in [5.74, 6) is -3.39. The van der Waals surface area contributed by atoms with Crippen LogP contribution >= 0.6 is 0 Å². The monoisotopic (exact) mass is 432 g/mol. The van der Waals surface area contributed by atoms with Crippen molar-refractivity contribution < 1.29 is 23.1 Å². The van der Waals surface area contributed by atoms with Gasteiger partial charge < -0.3 is 10.1 Å². The van der Waals surface area contributed by atoms with E-state index in [9.17, 15) is 18.4 Å². The summed E-state index contributed by atoms with van der Waals surface area (Å²) in [6, 6.07) is 2.99. The molecule has 31 heavy (non-hydrogen) atoms. The number of nitrogens with one attached hydrogen (secondary N) is 1. The summed E-state index contributed by atoms with van der Waals surface area (Å²) < 4.78 is 32.2. The summed E-state index contributed by atoms with van der Waals surface area (Å²) in [6.45, 7) is 8.90. The first-order chi connectivity index (χ1) is 14.5. The number of halogens is 2. The number of carbonyl (C=O) groups is 2. The van der Waals surface area contributed by atoms with E-state index in [1.54, 1.807) is 26.0 Å². The first kappa shape index (κ1) is 24.0. The number of amidine groups is 1. The number of hydrogen-bond donors (Lipinski definition) is 1. The maximum absolute atomic E-state index is 13.6. The lowest BCUT2D eigenvalue weighted by Crippen LogP contribution is -2.32. The lowest BCUT2D eigenvalue weighted by Gasteiger charge is -2.17. The Morgan fingerprint density at radius 1 is 1.42 bits per heavy atom. The summed E-state index contributed by atoms with van der Waals surface area (Å²) >= 11 is 0. The zero-order chi connectivity index (χ0) is 23.2. The van der Waals surface area contributed by atoms with Gasteiger partial charge in [-0.05, 0) is 37.5 Å². The molecule has 7 nitrogen and oxygen atoms in total. The van der Waals surface area contributed by atoms with Crippen molar-refractivity contribution in [2.24, 2.45) is 15.9 Å². The van der Waals surface area contributed by atoms with Crippen molar-refractivity contribution in [2.45, 2.75) is 46.5 Å². The molecular formula is C22H26F2N4O3. The maximum atomic E-state index is 13.6. The van der Waals surface area contributed by atoms with Crippen LogP contribution in [0.4, 0.5) is 8.78 Å². The molecule has 0 saturated heterocycles. The van der Waals surface area contributed by atoms with E-state index in [-0.39, 0.29) is 29.0 Å². The molecule has 1 atom stereocenters. The van der Waals surface area contributed by atoms with Gasteiger partial charge in [0.15, 0.2) is 6.61 Å². The zero-order valence-electron chi connectivity index (χ0n) is 18.0. The lowest BCUT2D eigenvalue weighted by atomic mass is 10.0. The van der Waals surface area contributed by atoms with Crippen molar-refractivity contribution >= 4 is 23.9 Å². The minimum atomic E-state index is -3.15. The molecule has 166 valence electrons. The van der Waals surface area contributed by atoms with Gasteiger partial charge in [0.1, 0.15) is 11.5 Å². The predicted molar refractivity (Wildman–Crippen MR) is 115 cm³/mol. The highest BCUT2D eigenvalue weighted by molar-refractivity contribution is 6.06. The quantitative estimate of drug-likeness (QED) is 0.524. The normalized spacial score (nSPS) is 16.5. The summed E-state index contributed by atoms with van der Waals surface area (Å²) in [5, 5.41) is 2.69. The van der Waals surface area contributed by atoms with Crippen LogP contribution < -0.4 is 10.1 Å². The van der Waals surface area contributed by atoms with Gasteiger partial charge in [-0.1, -0.05) is 20.4 Å². The van der Waals surface area contributed by atoms with Gasteiger partial charge >= 0.3 is 5.92 Å². The number of ether oxygens (including phenoxy) is 1. The Balaban J connectivity index is 2.08. The molecule has 0 bridgehead atoms. The molecule has 0 radical (unpaired) electrons. The highest BCUT2D eigenvalue weighted by Crippen LogP contribution is 2.23. The second-order valence-corrected chi connectivity index (χ2v) is 7.35. The average molecular weight is 432 g/mol. The third-order valence-electron chi connectivity index (χ3n) is 4.48. The standard InChI is InChI=1S/C22H26F2N4O3/c1-6-19(29)28-18-10-14(4)9-17(27-18)21(30)25-11-16-7-8-20(26-15(16)5)31-12-22(23,24)13(2)3/h7-9,11,14H,2,6,10,12H2,1,3-5H3,(H,27,28,29). The van der Waals surface area contributed by atoms with Gasteiger partial charge in [-0.2, -0.15) is 8.78 Å². The molecule has 2 heterocycles. The van der Waals surface area contributed by atoms with Crippen LogP contribution in [0.25, 0.3) is 0 Å². The van der Waals surface area contributed by atoms with E-state index in [1.165, 1.54) is 19.2 Å². The molecule has 2 rings (SSSR count). The van der Waals surface area contributed by atoms with E-state index in [4.69, 9.17) is 4.74 Å². The molecule has 9 heteroatoms. The number of rotatable bonds is 7. The van der Waals surface area contributed by atoms with Crippen LogP contribution in [-0.2, 0) is 9.59 Å². The number of allylic oxidation sites excluding steroid dienone is 1. The fourth-order valence-corrected chi connectivity index (χ4v) is 2.56. The highest BCUT2D eigenvalue weighted by atomic mass is 19.3. The topological polar surface area (TPSA) is 93.0 Å². The van der Waals surface area contributed by atoms with Crippen LogP contribution in [0.15, 0.2) is 46.0 Å². The summed E-state index contributed by atoms with van der Waals surface area (Å²) in [5.41, 5.74) is 0.838. The first-order valence-electron chi connectivity index (χ1n) is 9.83. The van der Waals surface area contributed by atoms with Gasteiger partial charge in [-0.25, -0.2) is 15.0 Å². The predicted octanol–water partition coefficient (Wildman–Crippen LogP) is 3.77. The number of nitrogens with zero attached hydrogens (tertiary/aromatic N) is 3. The smallest absolute Gasteiger partial charge is 0.302 e. The molecule has 0 aromatic carbocycles. The van der Waals surface area contributed by atoms with Gasteiger partial charge in [-0.3, -0.25) is 9.59 Å². The number of aliphatic imine (C=N–C) groups is 2. The maximum Gasteiger partial charge on any atom is 0.302 e. The number of aryl methyl sites for hydroxylation is 1. The molecule has 1 unspecified atom stereocenters. The first-order valence-corrected chi connectivity index (χ1v) is 9.83. The van der Waals surface area contributed by atoms with E-state index in [0.29, 0.717) is 29.9 Å². The van der Waals surface area contributed by atoms with E-state index in [0.717, 1.165) is 0 Å². The third-order valence-corrected chi connectivity index (χ3v) is 4.48. The van der Waals surface area contributed by atoms with Crippen molar-refractivity contribution in [3.63, 3.8) is 0 Å². The molecule has 1 aromatic rings. The van der Waals surface area contributed by atoms with Crippen LogP contribution in [0.2, 0.25) is 0 Å². The van der Waals surface area contributed by atoms with Crippen LogP contribution in [0.5, 0.6) is 5.88 Å². The number of amides is 2. The van der Waals surface area contributed by atoms with Crippen molar-refractivity contribution in [1.82, 2.24) is 10.3 Å². The molecule has 0 fully saturated rings. The number of carbonyl (C=O) groups excluding carboxylic acids is 2. The Labute approximate surface area is 180 Å². The SMILES string of the molecule is C=C(C)C(F)(F)COc1ccc(C=NC(=O)C2=CC(C)CC(NC(=O)CC)=N2)c(C)n1. The number of pyridine rings is 1. The summed E-state index contributed by atoms with van der Waals surface area (Å²) in [6.07, 6.45) is 3.87. The summed E-state index contributed by atoms with van der Waals surface area (Å²) in [4.78, 5) is 36.3. The van der Waals surface area contributed by atoms with Gasteiger partial charge in [0.2, 0.25) is 11.8 Å². The molecule has 1 aromatic heterocycles. The lowest BCUT2D eigenvalue weighted by molar-refractivity contribution is -0.119. The Hall–Kier alpha value is -3.23. The summed E-state index contributed by atoms with van der Waals surface area (Å²) in [7, 11) is 0. The van der Waals surface area contributed by atoms with E-state index >= 15 is 0 Å². The second kappa shape index (κ2) is 10.2. The van der Waals surface area contributed by atoms with E-state index in [2.05, 4.69) is 26.9 Å². The molecule has 0 spiro atoms. The molecule has 1 N–H and O–H groups in total. The number of hydrogen-bond acceptors (Lipinski definition) is 5. The fourth-order valence-electron chi connectivity index (χ4n) is 2.56. The van der Waals surface area contributed by atoms with Crippen LogP contribution in [0.3, 0.4) is 0 Å². The highest BCUT2D eigenvalue weighted by Gasteiger charge is 2.31. The molecule has 1 aliphatic heterocycles. The van der Waals surface area contributed by atoms with Crippen molar-refractivity contribution in [1.29, 1.82) is 0 Å². The van der Waals surface area contributed by atoms with Crippen molar-refractivity contribution in [3.05, 3.63) is 47.3 Å². The van der Waals surface area contributed by atoms with E-state index in [1.807, 2.05) is 6.92 Å². The largest absolute Gasteiger partial charge is 0.471 e. The van der Waals surface area contributed by atoms with Gasteiger partial charge in [0.25, 0.3) is 5.91 Å². The van der Waals surface area contributed by atoms with Crippen LogP contribution in [0, 0.1) is 12.8 Å².